The Bertz CT molecular complexity index is 322. The van der Waals surface area contributed by atoms with E-state index in [1.807, 2.05) is 19.0 Å². The van der Waals surface area contributed by atoms with Gasteiger partial charge in [-0.25, -0.2) is 0 Å². The third-order valence-electron chi connectivity index (χ3n) is 2.20. The quantitative estimate of drug-likeness (QED) is 0.652. The third-order valence-corrected chi connectivity index (χ3v) is 2.20. The van der Waals surface area contributed by atoms with Crippen LogP contribution in [0.25, 0.3) is 0 Å². The molecule has 0 aromatic heterocycles. The van der Waals surface area contributed by atoms with Gasteiger partial charge in [-0.2, -0.15) is 0 Å². The Morgan fingerprint density at radius 2 is 1.88 bits per heavy atom. The number of rotatable bonds is 7. The lowest BCUT2D eigenvalue weighted by atomic mass is 10.3. The summed E-state index contributed by atoms with van der Waals surface area (Å²) in [5.74, 6) is -0.760. The minimum atomic E-state index is -0.528. The molecule has 17 heavy (non-hydrogen) atoms. The van der Waals surface area contributed by atoms with Crippen LogP contribution >= 0.6 is 0 Å². The Morgan fingerprint density at radius 1 is 1.29 bits per heavy atom. The number of nitrogens with zero attached hydrogens (tertiary/aromatic N) is 2. The minimum Gasteiger partial charge on any atom is -0.366 e. The van der Waals surface area contributed by atoms with Crippen molar-refractivity contribution in [3.05, 3.63) is 24.4 Å². The highest BCUT2D eigenvalue weighted by Gasteiger charge is 2.09. The maximum atomic E-state index is 11.5. The van der Waals surface area contributed by atoms with Crippen molar-refractivity contribution in [3.63, 3.8) is 0 Å². The standard InChI is InChI=1S/C12H21N3O2/c1-5-11(16)15(8-6-7-14(3)4)9-10(2)12(13)17/h5,9H,1,6-8H2,2-4H3,(H2,13,17). The van der Waals surface area contributed by atoms with Gasteiger partial charge in [-0.1, -0.05) is 6.58 Å². The van der Waals surface area contributed by atoms with Gasteiger partial charge in [0.2, 0.25) is 11.8 Å². The molecule has 0 saturated heterocycles. The van der Waals surface area contributed by atoms with Crippen LogP contribution in [-0.2, 0) is 9.59 Å². The fraction of sp³-hybridized carbons (Fsp3) is 0.500. The zero-order chi connectivity index (χ0) is 13.4. The van der Waals surface area contributed by atoms with Crippen LogP contribution in [-0.4, -0.2) is 48.8 Å². The first-order chi connectivity index (χ1) is 7.88. The zero-order valence-corrected chi connectivity index (χ0v) is 10.8. The number of hydrogen-bond acceptors (Lipinski definition) is 3. The Balaban J connectivity index is 4.55. The van der Waals surface area contributed by atoms with E-state index in [-0.39, 0.29) is 5.91 Å². The molecule has 0 spiro atoms. The molecule has 0 aliphatic rings. The van der Waals surface area contributed by atoms with Gasteiger partial charge in [0.05, 0.1) is 0 Å². The van der Waals surface area contributed by atoms with Crippen molar-refractivity contribution in [1.29, 1.82) is 0 Å². The molecular formula is C12H21N3O2. The molecule has 2 N–H and O–H groups in total. The van der Waals surface area contributed by atoms with Gasteiger partial charge < -0.3 is 15.5 Å². The van der Waals surface area contributed by atoms with Crippen LogP contribution in [0.1, 0.15) is 13.3 Å². The van der Waals surface area contributed by atoms with Crippen LogP contribution in [0, 0.1) is 0 Å². The predicted molar refractivity (Wildman–Crippen MR) is 68.0 cm³/mol. The number of nitrogens with two attached hydrogens (primary N) is 1. The highest BCUT2D eigenvalue weighted by molar-refractivity contribution is 5.93. The normalized spacial score (nSPS) is 11.4. The first-order valence-electron chi connectivity index (χ1n) is 5.44. The number of primary amides is 1. The van der Waals surface area contributed by atoms with E-state index in [9.17, 15) is 9.59 Å². The highest BCUT2D eigenvalue weighted by Crippen LogP contribution is 2.01. The van der Waals surface area contributed by atoms with Crippen molar-refractivity contribution in [3.8, 4) is 0 Å². The lowest BCUT2D eigenvalue weighted by molar-refractivity contribution is -0.123. The molecule has 0 heterocycles. The van der Waals surface area contributed by atoms with Gasteiger partial charge in [0.25, 0.3) is 0 Å². The van der Waals surface area contributed by atoms with Gasteiger partial charge in [-0.15, -0.1) is 0 Å². The first kappa shape index (κ1) is 15.4. The number of carbonyl (C=O) groups excluding carboxylic acids is 2. The third kappa shape index (κ3) is 6.52. The van der Waals surface area contributed by atoms with Gasteiger partial charge in [-0.3, -0.25) is 9.59 Å². The molecule has 0 aliphatic heterocycles. The lowest BCUT2D eigenvalue weighted by Crippen LogP contribution is -2.29. The molecular weight excluding hydrogens is 218 g/mol. The average Bonchev–Trinajstić information content (AvgIpc) is 2.25. The van der Waals surface area contributed by atoms with Crippen LogP contribution in [0.5, 0.6) is 0 Å². The number of amides is 2. The molecule has 0 unspecified atom stereocenters. The molecule has 2 amide bonds. The second-order valence-corrected chi connectivity index (χ2v) is 4.07. The molecule has 0 aromatic carbocycles. The molecule has 96 valence electrons. The monoisotopic (exact) mass is 239 g/mol. The summed E-state index contributed by atoms with van der Waals surface area (Å²) in [4.78, 5) is 25.9. The van der Waals surface area contributed by atoms with Crippen LogP contribution in [0.15, 0.2) is 24.4 Å². The molecule has 0 radical (unpaired) electrons. The zero-order valence-electron chi connectivity index (χ0n) is 10.8. The van der Waals surface area contributed by atoms with E-state index in [0.29, 0.717) is 12.1 Å². The molecule has 0 aliphatic carbocycles. The first-order valence-corrected chi connectivity index (χ1v) is 5.44. The molecule has 0 aromatic rings. The van der Waals surface area contributed by atoms with E-state index in [2.05, 4.69) is 6.58 Å². The molecule has 0 bridgehead atoms. The highest BCUT2D eigenvalue weighted by atomic mass is 16.2. The van der Waals surface area contributed by atoms with Gasteiger partial charge in [0.15, 0.2) is 0 Å². The van der Waals surface area contributed by atoms with Crippen molar-refractivity contribution >= 4 is 11.8 Å². The number of hydrogen-bond donors (Lipinski definition) is 1. The second kappa shape index (κ2) is 7.62. The van der Waals surface area contributed by atoms with E-state index in [1.54, 1.807) is 6.92 Å². The molecule has 0 rings (SSSR count). The van der Waals surface area contributed by atoms with E-state index in [1.165, 1.54) is 17.2 Å². The van der Waals surface area contributed by atoms with E-state index >= 15 is 0 Å². The van der Waals surface area contributed by atoms with Crippen molar-refractivity contribution in [2.75, 3.05) is 27.2 Å². The summed E-state index contributed by atoms with van der Waals surface area (Å²) in [6, 6.07) is 0. The Morgan fingerprint density at radius 3 is 2.29 bits per heavy atom. The van der Waals surface area contributed by atoms with Gasteiger partial charge in [0, 0.05) is 18.3 Å². The second-order valence-electron chi connectivity index (χ2n) is 4.07. The fourth-order valence-corrected chi connectivity index (χ4v) is 1.21. The summed E-state index contributed by atoms with van der Waals surface area (Å²) in [6.07, 6.45) is 3.51. The summed E-state index contributed by atoms with van der Waals surface area (Å²) < 4.78 is 0. The van der Waals surface area contributed by atoms with Gasteiger partial charge in [0.1, 0.15) is 0 Å². The summed E-state index contributed by atoms with van der Waals surface area (Å²) in [5.41, 5.74) is 5.48. The van der Waals surface area contributed by atoms with Crippen molar-refractivity contribution in [2.45, 2.75) is 13.3 Å². The SMILES string of the molecule is C=CC(=O)N(C=C(C)C(N)=O)CCCN(C)C. The Hall–Kier alpha value is -1.62. The van der Waals surface area contributed by atoms with Crippen LogP contribution in [0.2, 0.25) is 0 Å². The Kier molecular flexibility index (Phi) is 6.89. The topological polar surface area (TPSA) is 66.6 Å². The maximum absolute atomic E-state index is 11.5. The minimum absolute atomic E-state index is 0.232. The summed E-state index contributed by atoms with van der Waals surface area (Å²) in [6.45, 7) is 6.41. The molecule has 0 fully saturated rings. The predicted octanol–water partition coefficient (Wildman–Crippen LogP) is 0.342. The lowest BCUT2D eigenvalue weighted by Gasteiger charge is -2.18. The van der Waals surface area contributed by atoms with E-state index in [4.69, 9.17) is 5.73 Å². The smallest absolute Gasteiger partial charge is 0.249 e. The molecule has 5 heteroatoms. The van der Waals surface area contributed by atoms with Gasteiger partial charge in [-0.05, 0) is 40.1 Å². The van der Waals surface area contributed by atoms with Crippen molar-refractivity contribution in [1.82, 2.24) is 9.80 Å². The Labute approximate surface area is 103 Å². The van der Waals surface area contributed by atoms with Crippen molar-refractivity contribution < 1.29 is 9.59 Å². The molecule has 0 saturated carbocycles. The summed E-state index contributed by atoms with van der Waals surface area (Å²) >= 11 is 0. The summed E-state index contributed by atoms with van der Waals surface area (Å²) in [7, 11) is 3.92. The van der Waals surface area contributed by atoms with Crippen LogP contribution < -0.4 is 5.73 Å². The van der Waals surface area contributed by atoms with Crippen molar-refractivity contribution in [2.24, 2.45) is 5.73 Å². The van der Waals surface area contributed by atoms with Crippen LogP contribution in [0.4, 0.5) is 0 Å². The van der Waals surface area contributed by atoms with E-state index in [0.717, 1.165) is 13.0 Å². The number of carbonyl (C=O) groups is 2. The maximum Gasteiger partial charge on any atom is 0.249 e. The molecule has 0 atom stereocenters. The largest absolute Gasteiger partial charge is 0.366 e. The molecule has 5 nitrogen and oxygen atoms in total. The average molecular weight is 239 g/mol. The fourth-order valence-electron chi connectivity index (χ4n) is 1.21. The summed E-state index contributed by atoms with van der Waals surface area (Å²) in [5, 5.41) is 0. The van der Waals surface area contributed by atoms with Gasteiger partial charge >= 0.3 is 0 Å². The van der Waals surface area contributed by atoms with Crippen LogP contribution in [0.3, 0.4) is 0 Å². The van der Waals surface area contributed by atoms with E-state index < -0.39 is 5.91 Å².